The summed E-state index contributed by atoms with van der Waals surface area (Å²) in [4.78, 5) is 35.3. The number of nitrogens with zero attached hydrogens (tertiary/aromatic N) is 6. The quantitative estimate of drug-likeness (QED) is 0.151. The van der Waals surface area contributed by atoms with Crippen molar-refractivity contribution in [3.8, 4) is 45.3 Å². The fourth-order valence-electron chi connectivity index (χ4n) is 5.99. The monoisotopic (exact) mass is 790 g/mol. The van der Waals surface area contributed by atoms with Crippen molar-refractivity contribution in [2.24, 2.45) is 5.92 Å². The number of aryl methyl sites for hydroxylation is 1. The fourth-order valence-corrected chi connectivity index (χ4v) is 6.24. The van der Waals surface area contributed by atoms with Crippen LogP contribution in [0.15, 0.2) is 97.3 Å². The Bertz CT molecular complexity index is 2310. The zero-order valence-electron chi connectivity index (χ0n) is 32.9. The molecule has 10 nitrogen and oxygen atoms in total. The standard InChI is InChI=1S/C23H25ClN4O.C21H23ClN4O/c1-23(2,3)27-22(29)17-12-19(16-6-8-18(24)9-7-16)26-20(13-17)21-10-11-25-28(21)14-15-4-5-15;1-5-26-19(10-11-23-26)18-13-15(20(27)25-21(2,3)4)12-17(24-18)14-6-8-16(22)9-7-14/h6-13,15H,4-5,14H2,1-3H3,(H,27,29);6-13H,5H2,1-4H3,(H,25,27). The van der Waals surface area contributed by atoms with Crippen LogP contribution in [-0.4, -0.2) is 52.4 Å². The number of benzene rings is 2. The number of carbonyl (C=O) groups excluding carboxylic acids is 2. The van der Waals surface area contributed by atoms with E-state index < -0.39 is 0 Å². The molecule has 0 aliphatic heterocycles. The number of amides is 2. The number of nitrogens with one attached hydrogen (secondary N) is 2. The van der Waals surface area contributed by atoms with Crippen LogP contribution in [0.25, 0.3) is 45.3 Å². The molecule has 1 aliphatic carbocycles. The summed E-state index contributed by atoms with van der Waals surface area (Å²) >= 11 is 12.1. The normalized spacial score (nSPS) is 12.8. The van der Waals surface area contributed by atoms with Crippen LogP contribution in [-0.2, 0) is 13.1 Å². The zero-order valence-corrected chi connectivity index (χ0v) is 34.4. The van der Waals surface area contributed by atoms with E-state index in [1.165, 1.54) is 12.8 Å². The van der Waals surface area contributed by atoms with Crippen molar-refractivity contribution in [3.05, 3.63) is 118 Å². The van der Waals surface area contributed by atoms with Gasteiger partial charge in [-0.3, -0.25) is 19.0 Å². The minimum Gasteiger partial charge on any atom is -0.347 e. The lowest BCUT2D eigenvalue weighted by molar-refractivity contribution is 0.0910. The van der Waals surface area contributed by atoms with E-state index in [-0.39, 0.29) is 22.9 Å². The summed E-state index contributed by atoms with van der Waals surface area (Å²) in [5.74, 6) is 0.435. The molecule has 1 saturated carbocycles. The number of aromatic nitrogens is 6. The molecule has 6 aromatic rings. The van der Waals surface area contributed by atoms with Gasteiger partial charge in [0.1, 0.15) is 0 Å². The van der Waals surface area contributed by atoms with E-state index in [4.69, 9.17) is 33.2 Å². The summed E-state index contributed by atoms with van der Waals surface area (Å²) in [7, 11) is 0. The van der Waals surface area contributed by atoms with Gasteiger partial charge >= 0.3 is 0 Å². The first-order valence-electron chi connectivity index (χ1n) is 18.8. The Morgan fingerprint density at radius 1 is 0.625 bits per heavy atom. The van der Waals surface area contributed by atoms with Crippen molar-refractivity contribution in [1.82, 2.24) is 40.2 Å². The predicted molar refractivity (Wildman–Crippen MR) is 225 cm³/mol. The molecule has 2 amide bonds. The molecule has 7 rings (SSSR count). The van der Waals surface area contributed by atoms with E-state index in [9.17, 15) is 9.59 Å². The first kappa shape index (κ1) is 40.3. The summed E-state index contributed by atoms with van der Waals surface area (Å²) in [5.41, 5.74) is 7.00. The second kappa shape index (κ2) is 16.8. The Morgan fingerprint density at radius 3 is 1.41 bits per heavy atom. The van der Waals surface area contributed by atoms with Gasteiger partial charge in [-0.2, -0.15) is 10.2 Å². The topological polar surface area (TPSA) is 120 Å². The van der Waals surface area contributed by atoms with Gasteiger partial charge in [0.15, 0.2) is 0 Å². The number of hydrogen-bond acceptors (Lipinski definition) is 6. The number of carbonyl (C=O) groups is 2. The lowest BCUT2D eigenvalue weighted by Gasteiger charge is -2.21. The largest absolute Gasteiger partial charge is 0.347 e. The van der Waals surface area contributed by atoms with Gasteiger partial charge in [-0.25, -0.2) is 9.97 Å². The Balaban J connectivity index is 0.000000190. The van der Waals surface area contributed by atoms with E-state index in [0.717, 1.165) is 47.0 Å². The maximum Gasteiger partial charge on any atom is 0.251 e. The third kappa shape index (κ3) is 10.7. The average Bonchev–Trinajstić information content (AvgIpc) is 3.62. The van der Waals surface area contributed by atoms with E-state index >= 15 is 0 Å². The number of hydrogen-bond donors (Lipinski definition) is 2. The molecule has 1 fully saturated rings. The highest BCUT2D eigenvalue weighted by Crippen LogP contribution is 2.33. The lowest BCUT2D eigenvalue weighted by Crippen LogP contribution is -2.40. The van der Waals surface area contributed by atoms with E-state index in [1.54, 1.807) is 18.5 Å². The van der Waals surface area contributed by atoms with Crippen LogP contribution >= 0.6 is 23.2 Å². The molecule has 290 valence electrons. The molecular weight excluding hydrogens is 743 g/mol. The van der Waals surface area contributed by atoms with Crippen LogP contribution in [0.4, 0.5) is 0 Å². The third-order valence-electron chi connectivity index (χ3n) is 8.82. The molecule has 2 aromatic carbocycles. The van der Waals surface area contributed by atoms with Gasteiger partial charge in [-0.05, 0) is 128 Å². The molecule has 4 heterocycles. The van der Waals surface area contributed by atoms with Crippen molar-refractivity contribution < 1.29 is 9.59 Å². The number of pyridine rings is 2. The molecule has 0 atom stereocenters. The highest BCUT2D eigenvalue weighted by Gasteiger charge is 2.25. The smallest absolute Gasteiger partial charge is 0.251 e. The summed E-state index contributed by atoms with van der Waals surface area (Å²) in [5, 5.41) is 16.2. The van der Waals surface area contributed by atoms with Crippen LogP contribution < -0.4 is 10.6 Å². The molecule has 12 heteroatoms. The Kier molecular flexibility index (Phi) is 12.1. The molecule has 1 aliphatic rings. The van der Waals surface area contributed by atoms with Crippen LogP contribution in [0, 0.1) is 5.92 Å². The fraction of sp³-hybridized carbons (Fsp3) is 0.318. The van der Waals surface area contributed by atoms with Gasteiger partial charge in [-0.15, -0.1) is 0 Å². The maximum atomic E-state index is 12.9. The summed E-state index contributed by atoms with van der Waals surface area (Å²) in [6.45, 7) is 15.4. The molecule has 0 radical (unpaired) electrons. The van der Waals surface area contributed by atoms with Crippen molar-refractivity contribution >= 4 is 35.0 Å². The van der Waals surface area contributed by atoms with Crippen LogP contribution in [0.1, 0.15) is 82.0 Å². The maximum absolute atomic E-state index is 12.9. The van der Waals surface area contributed by atoms with Gasteiger partial charge < -0.3 is 10.6 Å². The SMILES string of the molecule is CC(C)(C)NC(=O)c1cc(-c2ccc(Cl)cc2)nc(-c2ccnn2CC2CC2)c1.CCn1nccc1-c1cc(C(=O)NC(C)(C)C)cc(-c2ccc(Cl)cc2)n1. The Labute approximate surface area is 338 Å². The summed E-state index contributed by atoms with van der Waals surface area (Å²) in [6.07, 6.45) is 6.03. The lowest BCUT2D eigenvalue weighted by atomic mass is 10.0. The molecule has 2 N–H and O–H groups in total. The molecule has 0 bridgehead atoms. The van der Waals surface area contributed by atoms with Crippen LogP contribution in [0.3, 0.4) is 0 Å². The molecule has 4 aromatic heterocycles. The van der Waals surface area contributed by atoms with Gasteiger partial charge in [-0.1, -0.05) is 47.5 Å². The third-order valence-corrected chi connectivity index (χ3v) is 9.32. The molecule has 0 unspecified atom stereocenters. The average molecular weight is 792 g/mol. The molecular formula is C44H48Cl2N8O2. The first-order chi connectivity index (χ1) is 26.5. The highest BCUT2D eigenvalue weighted by molar-refractivity contribution is 6.31. The molecule has 0 spiro atoms. The van der Waals surface area contributed by atoms with E-state index in [0.29, 0.717) is 38.5 Å². The minimum atomic E-state index is -0.327. The van der Waals surface area contributed by atoms with Gasteiger partial charge in [0.2, 0.25) is 0 Å². The van der Waals surface area contributed by atoms with Crippen LogP contribution in [0.2, 0.25) is 10.0 Å². The second-order valence-corrected chi connectivity index (χ2v) is 16.9. The van der Waals surface area contributed by atoms with Crippen molar-refractivity contribution in [2.75, 3.05) is 0 Å². The van der Waals surface area contributed by atoms with E-state index in [2.05, 4.69) is 20.8 Å². The number of halogens is 2. The van der Waals surface area contributed by atoms with Crippen molar-refractivity contribution in [3.63, 3.8) is 0 Å². The van der Waals surface area contributed by atoms with Gasteiger partial charge in [0.25, 0.3) is 11.8 Å². The van der Waals surface area contributed by atoms with Crippen molar-refractivity contribution in [2.45, 2.75) is 85.5 Å². The second-order valence-electron chi connectivity index (χ2n) is 16.0. The first-order valence-corrected chi connectivity index (χ1v) is 19.6. The molecule has 0 saturated heterocycles. The van der Waals surface area contributed by atoms with Gasteiger partial charge in [0, 0.05) is 68.9 Å². The van der Waals surface area contributed by atoms with Crippen LogP contribution in [0.5, 0.6) is 0 Å². The minimum absolute atomic E-state index is 0.121. The van der Waals surface area contributed by atoms with Crippen molar-refractivity contribution in [1.29, 1.82) is 0 Å². The van der Waals surface area contributed by atoms with Gasteiger partial charge in [0.05, 0.1) is 34.2 Å². The van der Waals surface area contributed by atoms with E-state index in [1.807, 2.05) is 137 Å². The zero-order chi connectivity index (χ0) is 40.2. The predicted octanol–water partition coefficient (Wildman–Crippen LogP) is 10.0. The Hall–Kier alpha value is -5.32. The number of rotatable bonds is 9. The Morgan fingerprint density at radius 2 is 1.02 bits per heavy atom. The molecule has 56 heavy (non-hydrogen) atoms. The summed E-state index contributed by atoms with van der Waals surface area (Å²) < 4.78 is 3.86. The summed E-state index contributed by atoms with van der Waals surface area (Å²) in [6, 6.07) is 26.1. The highest BCUT2D eigenvalue weighted by atomic mass is 35.5.